The second-order valence-electron chi connectivity index (χ2n) is 7.08. The molecule has 3 heterocycles. The number of amides is 1. The van der Waals surface area contributed by atoms with Crippen LogP contribution in [-0.2, 0) is 6.54 Å². The summed E-state index contributed by atoms with van der Waals surface area (Å²) in [7, 11) is 1.82. The van der Waals surface area contributed by atoms with Crippen molar-refractivity contribution in [3.8, 4) is 0 Å². The maximum Gasteiger partial charge on any atom is 0.258 e. The van der Waals surface area contributed by atoms with E-state index >= 15 is 0 Å². The molecule has 0 spiro atoms. The Balaban J connectivity index is 1.76. The highest BCUT2D eigenvalue weighted by Crippen LogP contribution is 2.26. The number of hydrogen-bond donors (Lipinski definition) is 0. The second kappa shape index (κ2) is 7.20. The summed E-state index contributed by atoms with van der Waals surface area (Å²) in [5.74, 6) is -0.0557. The van der Waals surface area contributed by atoms with E-state index in [2.05, 4.69) is 22.2 Å². The van der Waals surface area contributed by atoms with Crippen molar-refractivity contribution in [2.24, 2.45) is 0 Å². The summed E-state index contributed by atoms with van der Waals surface area (Å²) in [5, 5.41) is 7.34. The average molecular weight is 391 g/mol. The van der Waals surface area contributed by atoms with E-state index in [4.69, 9.17) is 0 Å². The van der Waals surface area contributed by atoms with Crippen LogP contribution in [0.3, 0.4) is 0 Å². The van der Waals surface area contributed by atoms with Gasteiger partial charge in [-0.25, -0.2) is 9.67 Å². The van der Waals surface area contributed by atoms with Crippen LogP contribution in [-0.4, -0.2) is 27.7 Å². The van der Waals surface area contributed by atoms with Gasteiger partial charge in [-0.3, -0.25) is 4.79 Å². The number of benzene rings is 1. The molecule has 0 saturated carbocycles. The zero-order valence-corrected chi connectivity index (χ0v) is 17.2. The van der Waals surface area contributed by atoms with Crippen LogP contribution in [0.1, 0.15) is 32.1 Å². The van der Waals surface area contributed by atoms with Crippen molar-refractivity contribution < 1.29 is 4.79 Å². The van der Waals surface area contributed by atoms with Crippen molar-refractivity contribution in [3.63, 3.8) is 0 Å². The van der Waals surface area contributed by atoms with Gasteiger partial charge in [0.1, 0.15) is 0 Å². The number of nitrogens with zero attached hydrogens (tertiary/aromatic N) is 4. The number of rotatable bonds is 4. The van der Waals surface area contributed by atoms with Crippen molar-refractivity contribution in [2.45, 2.75) is 27.3 Å². The van der Waals surface area contributed by atoms with Crippen LogP contribution in [0.4, 0.5) is 5.69 Å². The van der Waals surface area contributed by atoms with E-state index < -0.39 is 0 Å². The Morgan fingerprint density at radius 3 is 2.75 bits per heavy atom. The molecule has 0 fully saturated rings. The van der Waals surface area contributed by atoms with Crippen LogP contribution in [0.25, 0.3) is 11.0 Å². The Bertz CT molecular complexity index is 1160. The van der Waals surface area contributed by atoms with Gasteiger partial charge in [-0.15, -0.1) is 11.3 Å². The summed E-state index contributed by atoms with van der Waals surface area (Å²) < 4.78 is 1.86. The summed E-state index contributed by atoms with van der Waals surface area (Å²) in [6, 6.07) is 12.1. The lowest BCUT2D eigenvalue weighted by Gasteiger charge is -2.21. The summed E-state index contributed by atoms with van der Waals surface area (Å²) >= 11 is 1.69. The number of thiophene rings is 1. The predicted octanol–water partition coefficient (Wildman–Crippen LogP) is 4.74. The first-order chi connectivity index (χ1) is 13.4. The molecule has 0 aliphatic rings. The average Bonchev–Trinajstić information content (AvgIpc) is 3.33. The molecule has 3 aromatic heterocycles. The normalized spacial score (nSPS) is 11.1. The minimum absolute atomic E-state index is 0.0557. The van der Waals surface area contributed by atoms with Crippen molar-refractivity contribution in [1.82, 2.24) is 14.8 Å². The molecule has 142 valence electrons. The molecule has 0 atom stereocenters. The topological polar surface area (TPSA) is 51.0 Å². The van der Waals surface area contributed by atoms with E-state index in [1.807, 2.05) is 62.1 Å². The van der Waals surface area contributed by atoms with Gasteiger partial charge in [0.2, 0.25) is 0 Å². The molecule has 4 aromatic rings. The number of pyridine rings is 1. The lowest BCUT2D eigenvalue weighted by atomic mass is 10.1. The van der Waals surface area contributed by atoms with E-state index in [0.717, 1.165) is 33.5 Å². The Labute approximate surface area is 168 Å². The van der Waals surface area contributed by atoms with E-state index in [1.165, 1.54) is 4.88 Å². The van der Waals surface area contributed by atoms with Crippen LogP contribution in [0, 0.1) is 20.8 Å². The van der Waals surface area contributed by atoms with E-state index in [1.54, 1.807) is 22.4 Å². The number of fused-ring (bicyclic) bond motifs is 1. The van der Waals surface area contributed by atoms with Gasteiger partial charge < -0.3 is 4.90 Å². The molecule has 0 radical (unpaired) electrons. The first-order valence-corrected chi connectivity index (χ1v) is 10.0. The quantitative estimate of drug-likeness (QED) is 0.506. The highest BCUT2D eigenvalue weighted by molar-refractivity contribution is 7.09. The number of carbonyl (C=O) groups is 1. The smallest absolute Gasteiger partial charge is 0.258 e. The van der Waals surface area contributed by atoms with Crippen molar-refractivity contribution in [2.75, 3.05) is 11.9 Å². The SMILES string of the molecule is Cc1ccc(C)c(N(C)C(=O)c2cc(C)nc3c2cnn3Cc2cccs2)c1. The minimum atomic E-state index is -0.0557. The third kappa shape index (κ3) is 3.31. The van der Waals surface area contributed by atoms with Gasteiger partial charge in [0.15, 0.2) is 5.65 Å². The highest BCUT2D eigenvalue weighted by atomic mass is 32.1. The van der Waals surface area contributed by atoms with Crippen molar-refractivity contribution >= 4 is 34.0 Å². The Hall–Kier alpha value is -2.99. The third-order valence-corrected chi connectivity index (χ3v) is 5.75. The molecule has 0 unspecified atom stereocenters. The van der Waals surface area contributed by atoms with Crippen LogP contribution in [0.15, 0.2) is 48.0 Å². The van der Waals surface area contributed by atoms with Crippen LogP contribution in [0.5, 0.6) is 0 Å². The molecular formula is C22H22N4OS. The molecule has 0 aliphatic carbocycles. The molecule has 0 aliphatic heterocycles. The molecule has 6 heteroatoms. The molecular weight excluding hydrogens is 368 g/mol. The fraction of sp³-hybridized carbons (Fsp3) is 0.227. The summed E-state index contributed by atoms with van der Waals surface area (Å²) in [4.78, 5) is 20.9. The van der Waals surface area contributed by atoms with Gasteiger partial charge >= 0.3 is 0 Å². The molecule has 0 saturated heterocycles. The summed E-state index contributed by atoms with van der Waals surface area (Å²) in [5.41, 5.74) is 5.28. The highest BCUT2D eigenvalue weighted by Gasteiger charge is 2.21. The van der Waals surface area contributed by atoms with E-state index in [-0.39, 0.29) is 5.91 Å². The lowest BCUT2D eigenvalue weighted by molar-refractivity contribution is 0.0994. The van der Waals surface area contributed by atoms with Crippen LogP contribution in [0.2, 0.25) is 0 Å². The first kappa shape index (κ1) is 18.4. The number of aromatic nitrogens is 3. The maximum absolute atomic E-state index is 13.4. The number of aryl methyl sites for hydroxylation is 3. The van der Waals surface area contributed by atoms with Gasteiger partial charge in [0.25, 0.3) is 5.91 Å². The van der Waals surface area contributed by atoms with E-state index in [9.17, 15) is 4.79 Å². The minimum Gasteiger partial charge on any atom is -0.311 e. The van der Waals surface area contributed by atoms with Crippen LogP contribution >= 0.6 is 11.3 Å². The molecule has 28 heavy (non-hydrogen) atoms. The Kier molecular flexibility index (Phi) is 4.73. The zero-order valence-electron chi connectivity index (χ0n) is 16.4. The molecule has 4 rings (SSSR count). The van der Waals surface area contributed by atoms with Gasteiger partial charge in [-0.05, 0) is 55.5 Å². The predicted molar refractivity (Wildman–Crippen MR) is 114 cm³/mol. The maximum atomic E-state index is 13.4. The fourth-order valence-corrected chi connectivity index (χ4v) is 4.07. The molecule has 0 N–H and O–H groups in total. The molecule has 5 nitrogen and oxygen atoms in total. The number of carbonyl (C=O) groups excluding carboxylic acids is 1. The molecule has 0 bridgehead atoms. The standard InChI is InChI=1S/C22H22N4OS/c1-14-7-8-15(2)20(10-14)25(4)22(27)18-11-16(3)24-21-19(18)12-23-26(21)13-17-6-5-9-28-17/h5-12H,13H2,1-4H3. The van der Waals surface area contributed by atoms with Gasteiger partial charge in [0, 0.05) is 23.3 Å². The van der Waals surface area contributed by atoms with Crippen LogP contribution < -0.4 is 4.90 Å². The number of anilines is 1. The van der Waals surface area contributed by atoms with E-state index in [0.29, 0.717) is 12.1 Å². The van der Waals surface area contributed by atoms with Gasteiger partial charge in [-0.2, -0.15) is 5.10 Å². The number of hydrogen-bond acceptors (Lipinski definition) is 4. The van der Waals surface area contributed by atoms with Crippen molar-refractivity contribution in [1.29, 1.82) is 0 Å². The third-order valence-electron chi connectivity index (χ3n) is 4.88. The zero-order chi connectivity index (χ0) is 19.8. The first-order valence-electron chi connectivity index (χ1n) is 9.15. The molecule has 1 aromatic carbocycles. The lowest BCUT2D eigenvalue weighted by Crippen LogP contribution is -2.27. The Morgan fingerprint density at radius 1 is 1.18 bits per heavy atom. The molecule has 1 amide bonds. The monoisotopic (exact) mass is 390 g/mol. The summed E-state index contributed by atoms with van der Waals surface area (Å²) in [6.07, 6.45) is 1.75. The summed E-state index contributed by atoms with van der Waals surface area (Å²) in [6.45, 7) is 6.62. The van der Waals surface area contributed by atoms with Gasteiger partial charge in [0.05, 0.1) is 23.7 Å². The largest absolute Gasteiger partial charge is 0.311 e. The van der Waals surface area contributed by atoms with Crippen molar-refractivity contribution in [3.05, 3.63) is 75.2 Å². The second-order valence-corrected chi connectivity index (χ2v) is 8.12. The fourth-order valence-electron chi connectivity index (χ4n) is 3.39. The Morgan fingerprint density at radius 2 is 2.00 bits per heavy atom. The van der Waals surface area contributed by atoms with Gasteiger partial charge in [-0.1, -0.05) is 18.2 Å².